The van der Waals surface area contributed by atoms with Gasteiger partial charge in [0.2, 0.25) is 0 Å². The summed E-state index contributed by atoms with van der Waals surface area (Å²) in [5.41, 5.74) is 0. The van der Waals surface area contributed by atoms with Gasteiger partial charge in [0.1, 0.15) is 13.1 Å². The Labute approximate surface area is 188 Å². The Morgan fingerprint density at radius 3 is 1.87 bits per heavy atom. The highest BCUT2D eigenvalue weighted by Crippen LogP contribution is 2.24. The van der Waals surface area contributed by atoms with E-state index in [1.807, 2.05) is 0 Å². The molecule has 0 aromatic rings. The maximum atomic E-state index is 9.39. The van der Waals surface area contributed by atoms with Gasteiger partial charge in [-0.05, 0) is 39.0 Å². The van der Waals surface area contributed by atoms with Crippen molar-refractivity contribution in [2.24, 2.45) is 4.99 Å². The molecule has 2 atom stereocenters. The number of quaternary nitrogens is 1. The standard InChI is InChI=1S/C27H53N2O/c1-3-5-6-7-8-9-10-11-12-13-14-15-16-17-18-19-20-21-22-27-28-23-24-29(27,4-2)25-26-30/h11-12,23,27,30H,3-10,13-22,24-26H2,1-2H3/q+1/b12-11+. The lowest BCUT2D eigenvalue weighted by Gasteiger charge is -2.37. The van der Waals surface area contributed by atoms with Crippen molar-refractivity contribution in [2.45, 2.75) is 129 Å². The van der Waals surface area contributed by atoms with E-state index in [0.29, 0.717) is 6.17 Å². The first-order valence-electron chi connectivity index (χ1n) is 13.4. The summed E-state index contributed by atoms with van der Waals surface area (Å²) in [4.78, 5) is 4.72. The van der Waals surface area contributed by atoms with E-state index in [1.54, 1.807) is 0 Å². The summed E-state index contributed by atoms with van der Waals surface area (Å²) in [5.74, 6) is 0. The molecule has 3 nitrogen and oxygen atoms in total. The average Bonchev–Trinajstić information content (AvgIpc) is 3.16. The van der Waals surface area contributed by atoms with Crippen LogP contribution in [-0.2, 0) is 0 Å². The molecule has 0 amide bonds. The molecule has 1 aliphatic heterocycles. The number of nitrogens with zero attached hydrogens (tertiary/aromatic N) is 2. The minimum atomic E-state index is 0.280. The van der Waals surface area contributed by atoms with Crippen molar-refractivity contribution < 1.29 is 9.59 Å². The van der Waals surface area contributed by atoms with Crippen molar-refractivity contribution >= 4 is 6.21 Å². The fraction of sp³-hybridized carbons (Fsp3) is 0.889. The van der Waals surface area contributed by atoms with Crippen molar-refractivity contribution in [1.82, 2.24) is 0 Å². The highest BCUT2D eigenvalue weighted by Gasteiger charge is 2.36. The molecular formula is C27H53N2O+. The van der Waals surface area contributed by atoms with Crippen LogP contribution >= 0.6 is 0 Å². The van der Waals surface area contributed by atoms with Gasteiger partial charge in [0, 0.05) is 6.42 Å². The highest BCUT2D eigenvalue weighted by molar-refractivity contribution is 5.60. The number of hydrogen-bond acceptors (Lipinski definition) is 2. The zero-order valence-electron chi connectivity index (χ0n) is 20.5. The van der Waals surface area contributed by atoms with Crippen LogP contribution in [0.1, 0.15) is 123 Å². The van der Waals surface area contributed by atoms with Gasteiger partial charge in [0.25, 0.3) is 0 Å². The van der Waals surface area contributed by atoms with E-state index in [1.165, 1.54) is 109 Å². The molecule has 2 unspecified atom stereocenters. The molecule has 0 fully saturated rings. The molecule has 0 spiro atoms. The van der Waals surface area contributed by atoms with Crippen LogP contribution in [0.2, 0.25) is 0 Å². The van der Waals surface area contributed by atoms with Gasteiger partial charge in [-0.3, -0.25) is 4.48 Å². The summed E-state index contributed by atoms with van der Waals surface area (Å²) in [7, 11) is 0. The second kappa shape index (κ2) is 19.0. The molecule has 176 valence electrons. The van der Waals surface area contributed by atoms with Crippen molar-refractivity contribution in [1.29, 1.82) is 0 Å². The largest absolute Gasteiger partial charge is 0.391 e. The molecule has 0 radical (unpaired) electrons. The summed E-state index contributed by atoms with van der Waals surface area (Å²) >= 11 is 0. The van der Waals surface area contributed by atoms with Gasteiger partial charge < -0.3 is 5.11 Å². The van der Waals surface area contributed by atoms with Crippen LogP contribution in [0.3, 0.4) is 0 Å². The number of aliphatic hydroxyl groups is 1. The average molecular weight is 422 g/mol. The topological polar surface area (TPSA) is 32.6 Å². The van der Waals surface area contributed by atoms with Crippen LogP contribution in [0.15, 0.2) is 17.1 Å². The Balaban J connectivity index is 1.86. The molecule has 0 aromatic carbocycles. The van der Waals surface area contributed by atoms with Crippen LogP contribution in [0.5, 0.6) is 0 Å². The maximum absolute atomic E-state index is 9.39. The molecule has 30 heavy (non-hydrogen) atoms. The first kappa shape index (κ1) is 27.4. The zero-order chi connectivity index (χ0) is 21.8. The summed E-state index contributed by atoms with van der Waals surface area (Å²) in [6, 6.07) is 0. The fourth-order valence-corrected chi connectivity index (χ4v) is 4.81. The summed E-state index contributed by atoms with van der Waals surface area (Å²) in [5, 5.41) is 9.39. The minimum absolute atomic E-state index is 0.280. The summed E-state index contributed by atoms with van der Waals surface area (Å²) in [6.07, 6.45) is 30.5. The third-order valence-electron chi connectivity index (χ3n) is 7.00. The lowest BCUT2D eigenvalue weighted by Crippen LogP contribution is -2.53. The van der Waals surface area contributed by atoms with E-state index in [4.69, 9.17) is 4.99 Å². The van der Waals surface area contributed by atoms with Crippen LogP contribution in [0.4, 0.5) is 0 Å². The minimum Gasteiger partial charge on any atom is -0.391 e. The predicted octanol–water partition coefficient (Wildman–Crippen LogP) is 7.43. The Morgan fingerprint density at radius 2 is 1.33 bits per heavy atom. The molecular weight excluding hydrogens is 368 g/mol. The second-order valence-electron chi connectivity index (χ2n) is 9.41. The number of allylic oxidation sites excluding steroid dienone is 2. The number of aliphatic hydroxyl groups excluding tert-OH is 1. The van der Waals surface area contributed by atoms with Gasteiger partial charge in [-0.15, -0.1) is 0 Å². The zero-order valence-corrected chi connectivity index (χ0v) is 20.5. The molecule has 0 bridgehead atoms. The van der Waals surface area contributed by atoms with Crippen LogP contribution < -0.4 is 0 Å². The number of unbranched alkanes of at least 4 members (excludes halogenated alkanes) is 14. The number of likely N-dealkylation sites (N-methyl/N-ethyl adjacent to an activating group) is 1. The highest BCUT2D eigenvalue weighted by atomic mass is 16.3. The second-order valence-corrected chi connectivity index (χ2v) is 9.41. The normalized spacial score (nSPS) is 21.2. The molecule has 1 aliphatic rings. The summed E-state index contributed by atoms with van der Waals surface area (Å²) < 4.78 is 0.976. The summed E-state index contributed by atoms with van der Waals surface area (Å²) in [6.45, 7) is 7.75. The van der Waals surface area contributed by atoms with Gasteiger partial charge in [0.05, 0.1) is 19.4 Å². The SMILES string of the molecule is CCCCCCCC/C=C/CCCCCCCCCCC1N=CC[N+]1(CC)CCO. The Hall–Kier alpha value is -0.670. The Kier molecular flexibility index (Phi) is 17.4. The van der Waals surface area contributed by atoms with E-state index in [-0.39, 0.29) is 6.61 Å². The quantitative estimate of drug-likeness (QED) is 0.117. The number of rotatable bonds is 21. The molecule has 0 saturated carbocycles. The first-order chi connectivity index (χ1) is 14.8. The van der Waals surface area contributed by atoms with Crippen LogP contribution in [0, 0.1) is 0 Å². The van der Waals surface area contributed by atoms with Gasteiger partial charge in [-0.2, -0.15) is 0 Å². The monoisotopic (exact) mass is 421 g/mol. The van der Waals surface area contributed by atoms with Gasteiger partial charge in [-0.25, -0.2) is 4.99 Å². The van der Waals surface area contributed by atoms with E-state index < -0.39 is 0 Å². The van der Waals surface area contributed by atoms with E-state index >= 15 is 0 Å². The third kappa shape index (κ3) is 12.2. The van der Waals surface area contributed by atoms with Crippen molar-refractivity contribution in [3.8, 4) is 0 Å². The lowest BCUT2D eigenvalue weighted by molar-refractivity contribution is -0.936. The van der Waals surface area contributed by atoms with E-state index in [0.717, 1.165) is 24.1 Å². The third-order valence-corrected chi connectivity index (χ3v) is 7.00. The van der Waals surface area contributed by atoms with Gasteiger partial charge in [0.15, 0.2) is 6.17 Å². The lowest BCUT2D eigenvalue weighted by atomic mass is 10.0. The van der Waals surface area contributed by atoms with E-state index in [9.17, 15) is 5.11 Å². The first-order valence-corrected chi connectivity index (χ1v) is 13.4. The molecule has 1 N–H and O–H groups in total. The molecule has 3 heteroatoms. The molecule has 0 saturated heterocycles. The Morgan fingerprint density at radius 1 is 0.800 bits per heavy atom. The molecule has 1 rings (SSSR count). The predicted molar refractivity (Wildman–Crippen MR) is 133 cm³/mol. The van der Waals surface area contributed by atoms with Gasteiger partial charge >= 0.3 is 0 Å². The van der Waals surface area contributed by atoms with Gasteiger partial charge in [-0.1, -0.05) is 89.7 Å². The van der Waals surface area contributed by atoms with Crippen LogP contribution in [0.25, 0.3) is 0 Å². The Bertz CT molecular complexity index is 435. The number of aliphatic imine (C=N–C) groups is 1. The van der Waals surface area contributed by atoms with Crippen molar-refractivity contribution in [3.63, 3.8) is 0 Å². The maximum Gasteiger partial charge on any atom is 0.182 e. The molecule has 1 heterocycles. The fourth-order valence-electron chi connectivity index (χ4n) is 4.81. The van der Waals surface area contributed by atoms with E-state index in [2.05, 4.69) is 32.2 Å². The smallest absolute Gasteiger partial charge is 0.182 e. The van der Waals surface area contributed by atoms with Crippen molar-refractivity contribution in [3.05, 3.63) is 12.2 Å². The van der Waals surface area contributed by atoms with Crippen molar-refractivity contribution in [2.75, 3.05) is 26.2 Å². The molecule has 0 aromatic heterocycles. The molecule has 0 aliphatic carbocycles. The van der Waals surface area contributed by atoms with Crippen LogP contribution in [-0.4, -0.2) is 48.2 Å². The number of hydrogen-bond donors (Lipinski definition) is 1.